The van der Waals surface area contributed by atoms with Crippen molar-refractivity contribution in [3.8, 4) is 0 Å². The zero-order valence-electron chi connectivity index (χ0n) is 23.1. The van der Waals surface area contributed by atoms with Gasteiger partial charge in [-0.25, -0.2) is 8.42 Å². The molecule has 0 saturated heterocycles. The monoisotopic (exact) mass is 589 g/mol. The molecule has 0 aromatic heterocycles. The SMILES string of the molecule is CC(C)CNC(=O)[C@H](Cc1ccccc1)N(Cc1ccccc1)C(=O)CN(c1cccc(C(F)(F)F)c1)S(C)(=O)=O. The molecule has 0 spiro atoms. The largest absolute Gasteiger partial charge is 0.416 e. The molecular weight excluding hydrogens is 555 g/mol. The van der Waals surface area contributed by atoms with E-state index in [2.05, 4.69) is 5.32 Å². The predicted molar refractivity (Wildman–Crippen MR) is 152 cm³/mol. The number of nitrogens with zero attached hydrogens (tertiary/aromatic N) is 2. The van der Waals surface area contributed by atoms with E-state index in [9.17, 15) is 31.2 Å². The molecule has 0 aliphatic carbocycles. The van der Waals surface area contributed by atoms with Crippen LogP contribution in [0, 0.1) is 5.92 Å². The van der Waals surface area contributed by atoms with Gasteiger partial charge in [-0.1, -0.05) is 80.6 Å². The lowest BCUT2D eigenvalue weighted by molar-refractivity contribution is -0.140. The molecule has 7 nitrogen and oxygen atoms in total. The summed E-state index contributed by atoms with van der Waals surface area (Å²) in [6, 6.07) is 20.7. The summed E-state index contributed by atoms with van der Waals surface area (Å²) in [7, 11) is -4.19. The number of alkyl halides is 3. The Balaban J connectivity index is 2.05. The summed E-state index contributed by atoms with van der Waals surface area (Å²) >= 11 is 0. The van der Waals surface area contributed by atoms with Gasteiger partial charge in [0.25, 0.3) is 0 Å². The molecule has 3 rings (SSSR count). The molecule has 0 saturated carbocycles. The van der Waals surface area contributed by atoms with Gasteiger partial charge in [0.2, 0.25) is 21.8 Å². The molecular formula is C30H34F3N3O4S. The van der Waals surface area contributed by atoms with Crippen molar-refractivity contribution >= 4 is 27.5 Å². The normalized spacial score (nSPS) is 12.6. The first kappa shape index (κ1) is 31.7. The third-order valence-corrected chi connectivity index (χ3v) is 7.43. The number of sulfonamides is 1. The van der Waals surface area contributed by atoms with E-state index >= 15 is 0 Å². The van der Waals surface area contributed by atoms with Crippen LogP contribution in [-0.4, -0.2) is 50.5 Å². The van der Waals surface area contributed by atoms with Crippen molar-refractivity contribution in [3.63, 3.8) is 0 Å². The molecule has 3 aromatic carbocycles. The first-order chi connectivity index (χ1) is 19.3. The maximum atomic E-state index is 14.0. The molecule has 0 radical (unpaired) electrons. The molecule has 1 atom stereocenters. The van der Waals surface area contributed by atoms with Crippen LogP contribution in [-0.2, 0) is 38.8 Å². The Kier molecular flexibility index (Phi) is 10.6. The summed E-state index contributed by atoms with van der Waals surface area (Å²) in [5.41, 5.74) is 0.118. The van der Waals surface area contributed by atoms with E-state index < -0.39 is 46.2 Å². The van der Waals surface area contributed by atoms with Crippen LogP contribution in [0.25, 0.3) is 0 Å². The standard InChI is InChI=1S/C30H34F3N3O4S/c1-22(2)19-34-29(38)27(17-23-11-6-4-7-12-23)35(20-24-13-8-5-9-14-24)28(37)21-36(41(3,39)40)26-16-10-15-25(18-26)30(31,32)33/h4-16,18,22,27H,17,19-21H2,1-3H3,(H,34,38)/t27-/m0/s1. The number of halogens is 3. The lowest BCUT2D eigenvalue weighted by atomic mass is 10.0. The number of nitrogens with one attached hydrogen (secondary N) is 1. The molecule has 11 heteroatoms. The van der Waals surface area contributed by atoms with Crippen LogP contribution in [0.2, 0.25) is 0 Å². The van der Waals surface area contributed by atoms with E-state index in [0.717, 1.165) is 24.0 Å². The summed E-state index contributed by atoms with van der Waals surface area (Å²) in [5, 5.41) is 2.87. The van der Waals surface area contributed by atoms with E-state index in [0.29, 0.717) is 22.5 Å². The van der Waals surface area contributed by atoms with Crippen molar-refractivity contribution in [2.45, 2.75) is 39.0 Å². The van der Waals surface area contributed by atoms with E-state index in [1.165, 1.54) is 11.0 Å². The van der Waals surface area contributed by atoms with Crippen LogP contribution in [0.4, 0.5) is 18.9 Å². The second-order valence-electron chi connectivity index (χ2n) is 10.2. The molecule has 2 amide bonds. The van der Waals surface area contributed by atoms with Crippen molar-refractivity contribution in [1.82, 2.24) is 10.2 Å². The topological polar surface area (TPSA) is 86.8 Å². The van der Waals surface area contributed by atoms with Crippen LogP contribution >= 0.6 is 0 Å². The third kappa shape index (κ3) is 9.34. The van der Waals surface area contributed by atoms with Crippen LogP contribution in [0.15, 0.2) is 84.9 Å². The van der Waals surface area contributed by atoms with Crippen LogP contribution in [0.5, 0.6) is 0 Å². The average Bonchev–Trinajstić information content (AvgIpc) is 2.92. The van der Waals surface area contributed by atoms with Gasteiger partial charge in [0, 0.05) is 19.5 Å². The van der Waals surface area contributed by atoms with Gasteiger partial charge in [-0.3, -0.25) is 13.9 Å². The molecule has 1 N–H and O–H groups in total. The lowest BCUT2D eigenvalue weighted by Crippen LogP contribution is -2.53. The predicted octanol–water partition coefficient (Wildman–Crippen LogP) is 4.88. The molecule has 0 unspecified atom stereocenters. The first-order valence-electron chi connectivity index (χ1n) is 13.1. The van der Waals surface area contributed by atoms with E-state index in [1.807, 2.05) is 32.0 Å². The quantitative estimate of drug-likeness (QED) is 0.326. The van der Waals surface area contributed by atoms with Gasteiger partial charge < -0.3 is 10.2 Å². The molecule has 0 heterocycles. The highest BCUT2D eigenvalue weighted by molar-refractivity contribution is 7.92. The Morgan fingerprint density at radius 2 is 1.46 bits per heavy atom. The first-order valence-corrected chi connectivity index (χ1v) is 14.9. The Morgan fingerprint density at radius 1 is 0.878 bits per heavy atom. The number of anilines is 1. The molecule has 41 heavy (non-hydrogen) atoms. The maximum absolute atomic E-state index is 14.0. The van der Waals surface area contributed by atoms with Gasteiger partial charge >= 0.3 is 6.18 Å². The van der Waals surface area contributed by atoms with Crippen molar-refractivity contribution < 1.29 is 31.2 Å². The molecule has 0 aliphatic heterocycles. The summed E-state index contributed by atoms with van der Waals surface area (Å²) in [5.74, 6) is -1.02. The Hall–Kier alpha value is -3.86. The summed E-state index contributed by atoms with van der Waals surface area (Å²) in [6.45, 7) is 3.40. The lowest BCUT2D eigenvalue weighted by Gasteiger charge is -2.33. The second-order valence-corrected chi connectivity index (χ2v) is 12.1. The number of hydrogen-bond acceptors (Lipinski definition) is 4. The van der Waals surface area contributed by atoms with Crippen molar-refractivity contribution in [1.29, 1.82) is 0 Å². The van der Waals surface area contributed by atoms with Gasteiger partial charge in [-0.15, -0.1) is 0 Å². The van der Waals surface area contributed by atoms with Gasteiger partial charge in [0.15, 0.2) is 0 Å². The van der Waals surface area contributed by atoms with Gasteiger partial charge in [0.05, 0.1) is 17.5 Å². The van der Waals surface area contributed by atoms with Gasteiger partial charge in [-0.05, 0) is 35.2 Å². The highest BCUT2D eigenvalue weighted by Crippen LogP contribution is 2.32. The van der Waals surface area contributed by atoms with Gasteiger partial charge in [-0.2, -0.15) is 13.2 Å². The zero-order chi connectivity index (χ0) is 30.2. The molecule has 0 aliphatic rings. The molecule has 0 bridgehead atoms. The third-order valence-electron chi connectivity index (χ3n) is 6.29. The Labute approximate surface area is 239 Å². The highest BCUT2D eigenvalue weighted by Gasteiger charge is 2.35. The number of rotatable bonds is 12. The fourth-order valence-electron chi connectivity index (χ4n) is 4.21. The van der Waals surface area contributed by atoms with Crippen LogP contribution in [0.1, 0.15) is 30.5 Å². The highest BCUT2D eigenvalue weighted by atomic mass is 32.2. The van der Waals surface area contributed by atoms with Crippen molar-refractivity contribution in [2.75, 3.05) is 23.7 Å². The van der Waals surface area contributed by atoms with Crippen LogP contribution in [0.3, 0.4) is 0 Å². The minimum atomic E-state index is -4.71. The molecule has 3 aromatic rings. The number of carbonyl (C=O) groups excluding carboxylic acids is 2. The Morgan fingerprint density at radius 3 is 2.00 bits per heavy atom. The number of hydrogen-bond donors (Lipinski definition) is 1. The molecule has 0 fully saturated rings. The van der Waals surface area contributed by atoms with E-state index in [1.54, 1.807) is 42.5 Å². The smallest absolute Gasteiger partial charge is 0.354 e. The van der Waals surface area contributed by atoms with Gasteiger partial charge in [0.1, 0.15) is 12.6 Å². The minimum Gasteiger partial charge on any atom is -0.354 e. The second kappa shape index (κ2) is 13.7. The van der Waals surface area contributed by atoms with Crippen molar-refractivity contribution in [2.24, 2.45) is 5.92 Å². The molecule has 220 valence electrons. The fraction of sp³-hybridized carbons (Fsp3) is 0.333. The Bertz CT molecular complexity index is 1420. The number of benzene rings is 3. The summed E-state index contributed by atoms with van der Waals surface area (Å²) in [6.07, 6.45) is -3.75. The number of amides is 2. The fourth-order valence-corrected chi connectivity index (χ4v) is 5.05. The average molecular weight is 590 g/mol. The minimum absolute atomic E-state index is 0.0214. The number of carbonyl (C=O) groups is 2. The van der Waals surface area contributed by atoms with Crippen LogP contribution < -0.4 is 9.62 Å². The summed E-state index contributed by atoms with van der Waals surface area (Å²) in [4.78, 5) is 28.8. The van der Waals surface area contributed by atoms with E-state index in [4.69, 9.17) is 0 Å². The van der Waals surface area contributed by atoms with Crippen molar-refractivity contribution in [3.05, 3.63) is 102 Å². The summed E-state index contributed by atoms with van der Waals surface area (Å²) < 4.78 is 66.4. The maximum Gasteiger partial charge on any atom is 0.416 e. The zero-order valence-corrected chi connectivity index (χ0v) is 24.0. The van der Waals surface area contributed by atoms with E-state index in [-0.39, 0.29) is 24.6 Å².